The molecule has 0 spiro atoms. The Kier molecular flexibility index (Phi) is 18.5. The lowest BCUT2D eigenvalue weighted by atomic mass is 9.98. The zero-order valence-corrected chi connectivity index (χ0v) is 31.7. The molecule has 0 aliphatic rings. The van der Waals surface area contributed by atoms with Crippen LogP contribution in [0.5, 0.6) is 0 Å². The van der Waals surface area contributed by atoms with Gasteiger partial charge < -0.3 is 37.6 Å². The van der Waals surface area contributed by atoms with Crippen molar-refractivity contribution in [3.63, 3.8) is 0 Å². The van der Waals surface area contributed by atoms with Crippen LogP contribution in [0.2, 0.25) is 0 Å². The zero-order valence-electron chi connectivity index (χ0n) is 31.7. The lowest BCUT2D eigenvalue weighted by Crippen LogP contribution is -2.60. The molecule has 0 unspecified atom stereocenters. The van der Waals surface area contributed by atoms with Gasteiger partial charge in [-0.2, -0.15) is 0 Å². The number of benzene rings is 2. The van der Waals surface area contributed by atoms with Gasteiger partial charge in [-0.05, 0) is 48.3 Å². The molecule has 0 bridgehead atoms. The number of hydrogen-bond donors (Lipinski definition) is 7. The maximum Gasteiger partial charge on any atom is 0.243 e. The highest BCUT2D eigenvalue weighted by Crippen LogP contribution is 2.12. The van der Waals surface area contributed by atoms with Crippen LogP contribution in [0.15, 0.2) is 60.7 Å². The molecule has 13 nitrogen and oxygen atoms in total. The van der Waals surface area contributed by atoms with Crippen LogP contribution in [0.4, 0.5) is 0 Å². The summed E-state index contributed by atoms with van der Waals surface area (Å²) in [5, 5.41) is 16.9. The number of nitrogens with two attached hydrogens (primary N) is 1. The molecule has 0 saturated heterocycles. The van der Waals surface area contributed by atoms with Crippen LogP contribution in [0, 0.1) is 17.8 Å². The van der Waals surface area contributed by atoms with Crippen LogP contribution in [-0.4, -0.2) is 78.7 Å². The third-order valence-corrected chi connectivity index (χ3v) is 8.34. The third kappa shape index (κ3) is 15.6. The SMILES string of the molecule is CCNCC(=O)N[C@H](CC(C)C)C(=O)N[C@@H](C(=O)N[C@H](Cc1ccccc1)C(=O)N[C@H](Cc1ccccc1)C(=O)N[C@H](CC(C)C)C(N)=O)C(C)C. The van der Waals surface area contributed by atoms with Crippen molar-refractivity contribution < 1.29 is 28.8 Å². The molecule has 52 heavy (non-hydrogen) atoms. The number of hydrogen-bond acceptors (Lipinski definition) is 7. The average Bonchev–Trinajstić information content (AvgIpc) is 3.08. The highest BCUT2D eigenvalue weighted by molar-refractivity contribution is 5.96. The van der Waals surface area contributed by atoms with Crippen molar-refractivity contribution in [1.82, 2.24) is 31.9 Å². The maximum absolute atomic E-state index is 14.1. The Morgan fingerprint density at radius 1 is 0.558 bits per heavy atom. The Morgan fingerprint density at radius 2 is 0.981 bits per heavy atom. The number of amides is 6. The van der Waals surface area contributed by atoms with Gasteiger partial charge in [0.25, 0.3) is 0 Å². The number of likely N-dealkylation sites (N-methyl/N-ethyl adjacent to an activating group) is 1. The van der Waals surface area contributed by atoms with Gasteiger partial charge in [0.05, 0.1) is 6.54 Å². The second kappa shape index (κ2) is 22.2. The van der Waals surface area contributed by atoms with Crippen LogP contribution in [0.25, 0.3) is 0 Å². The fraction of sp³-hybridized carbons (Fsp3) is 0.538. The molecule has 2 aromatic rings. The predicted octanol–water partition coefficient (Wildman–Crippen LogP) is 1.74. The van der Waals surface area contributed by atoms with Gasteiger partial charge in [-0.25, -0.2) is 0 Å². The maximum atomic E-state index is 14.1. The minimum absolute atomic E-state index is 0.0486. The van der Waals surface area contributed by atoms with E-state index in [0.717, 1.165) is 11.1 Å². The van der Waals surface area contributed by atoms with E-state index in [-0.39, 0.29) is 43.0 Å². The van der Waals surface area contributed by atoms with E-state index < -0.39 is 59.7 Å². The van der Waals surface area contributed by atoms with Gasteiger partial charge in [0.15, 0.2) is 0 Å². The number of carbonyl (C=O) groups excluding carboxylic acids is 6. The molecular formula is C39H59N7O6. The van der Waals surface area contributed by atoms with E-state index in [9.17, 15) is 28.8 Å². The second-order valence-corrected chi connectivity index (χ2v) is 14.4. The fourth-order valence-electron chi connectivity index (χ4n) is 5.62. The predicted molar refractivity (Wildman–Crippen MR) is 201 cm³/mol. The zero-order chi connectivity index (χ0) is 38.8. The van der Waals surface area contributed by atoms with Crippen LogP contribution in [0.3, 0.4) is 0 Å². The van der Waals surface area contributed by atoms with E-state index in [4.69, 9.17) is 5.73 Å². The van der Waals surface area contributed by atoms with Gasteiger partial charge in [0.2, 0.25) is 35.4 Å². The summed E-state index contributed by atoms with van der Waals surface area (Å²) in [4.78, 5) is 80.0. The number of nitrogens with one attached hydrogen (secondary N) is 6. The summed E-state index contributed by atoms with van der Waals surface area (Å²) in [7, 11) is 0. The summed E-state index contributed by atoms with van der Waals surface area (Å²) in [6.07, 6.45) is 0.872. The molecule has 13 heteroatoms. The van der Waals surface area contributed by atoms with E-state index in [0.29, 0.717) is 19.4 Å². The summed E-state index contributed by atoms with van der Waals surface area (Å²) in [5.74, 6) is -3.60. The van der Waals surface area contributed by atoms with Crippen molar-refractivity contribution in [1.29, 1.82) is 0 Å². The lowest BCUT2D eigenvalue weighted by Gasteiger charge is -2.29. The molecule has 2 aromatic carbocycles. The average molecular weight is 722 g/mol. The van der Waals surface area contributed by atoms with Crippen LogP contribution >= 0.6 is 0 Å². The van der Waals surface area contributed by atoms with Crippen LogP contribution < -0.4 is 37.6 Å². The minimum Gasteiger partial charge on any atom is -0.368 e. The Balaban J connectivity index is 2.38. The summed E-state index contributed by atoms with van der Waals surface area (Å²) < 4.78 is 0. The molecule has 0 saturated carbocycles. The Hall–Kier alpha value is -4.78. The van der Waals surface area contributed by atoms with Crippen molar-refractivity contribution in [2.45, 2.75) is 104 Å². The van der Waals surface area contributed by atoms with Gasteiger partial charge in [-0.3, -0.25) is 28.8 Å². The van der Waals surface area contributed by atoms with Crippen LogP contribution in [-0.2, 0) is 41.6 Å². The first kappa shape index (κ1) is 43.4. The Morgan fingerprint density at radius 3 is 1.40 bits per heavy atom. The van der Waals surface area contributed by atoms with E-state index in [1.807, 2.05) is 95.3 Å². The van der Waals surface area contributed by atoms with E-state index in [1.54, 1.807) is 13.8 Å². The fourth-order valence-corrected chi connectivity index (χ4v) is 5.62. The number of rotatable bonds is 22. The normalized spacial score (nSPS) is 14.1. The summed E-state index contributed by atoms with van der Waals surface area (Å²) in [6.45, 7) is 13.7. The molecule has 0 fully saturated rings. The van der Waals surface area contributed by atoms with Gasteiger partial charge in [-0.15, -0.1) is 0 Å². The van der Waals surface area contributed by atoms with E-state index >= 15 is 0 Å². The highest BCUT2D eigenvalue weighted by atomic mass is 16.2. The molecule has 6 amide bonds. The molecule has 0 aliphatic carbocycles. The van der Waals surface area contributed by atoms with Crippen molar-refractivity contribution in [2.75, 3.05) is 13.1 Å². The lowest BCUT2D eigenvalue weighted by molar-refractivity contribution is -0.135. The third-order valence-electron chi connectivity index (χ3n) is 8.34. The van der Waals surface area contributed by atoms with Crippen LogP contribution in [0.1, 0.15) is 72.4 Å². The van der Waals surface area contributed by atoms with Gasteiger partial charge in [-0.1, -0.05) is 109 Å². The summed E-state index contributed by atoms with van der Waals surface area (Å²) in [5.41, 5.74) is 7.13. The standard InChI is InChI=1S/C39H59N7O6/c1-8-41-23-33(47)42-30(20-25(4)5)38(51)46-34(26(6)7)39(52)45-32(22-28-17-13-10-14-18-28)37(50)44-31(21-27-15-11-9-12-16-27)36(49)43-29(35(40)48)19-24(2)3/h9-18,24-26,29-32,34,41H,8,19-23H2,1-7H3,(H2,40,48)(H,42,47)(H,43,49)(H,44,50)(H,45,52)(H,46,51)/t29-,30-,31-,32-,34-/m1/s1. The summed E-state index contributed by atoms with van der Waals surface area (Å²) in [6, 6.07) is 13.1. The number of carbonyl (C=O) groups is 6. The largest absolute Gasteiger partial charge is 0.368 e. The molecule has 0 heterocycles. The molecule has 8 N–H and O–H groups in total. The molecule has 5 atom stereocenters. The number of primary amides is 1. The van der Waals surface area contributed by atoms with E-state index in [1.165, 1.54) is 0 Å². The minimum atomic E-state index is -1.15. The first-order valence-corrected chi connectivity index (χ1v) is 18.2. The van der Waals surface area contributed by atoms with Gasteiger partial charge in [0.1, 0.15) is 30.2 Å². The van der Waals surface area contributed by atoms with Crippen molar-refractivity contribution >= 4 is 35.4 Å². The summed E-state index contributed by atoms with van der Waals surface area (Å²) >= 11 is 0. The molecule has 0 aliphatic heterocycles. The quantitative estimate of drug-likeness (QED) is 0.0960. The van der Waals surface area contributed by atoms with E-state index in [2.05, 4.69) is 31.9 Å². The second-order valence-electron chi connectivity index (χ2n) is 14.4. The van der Waals surface area contributed by atoms with Crippen molar-refractivity contribution in [3.05, 3.63) is 71.8 Å². The van der Waals surface area contributed by atoms with Gasteiger partial charge >= 0.3 is 0 Å². The smallest absolute Gasteiger partial charge is 0.243 e. The highest BCUT2D eigenvalue weighted by Gasteiger charge is 2.34. The molecule has 0 aromatic heterocycles. The molecule has 2 rings (SSSR count). The Labute approximate surface area is 308 Å². The van der Waals surface area contributed by atoms with Gasteiger partial charge in [0, 0.05) is 12.8 Å². The van der Waals surface area contributed by atoms with Crippen molar-refractivity contribution in [2.24, 2.45) is 23.5 Å². The van der Waals surface area contributed by atoms with Crippen molar-refractivity contribution in [3.8, 4) is 0 Å². The monoisotopic (exact) mass is 721 g/mol. The molecular weight excluding hydrogens is 662 g/mol. The first-order valence-electron chi connectivity index (χ1n) is 18.2. The first-order chi connectivity index (χ1) is 24.6. The molecule has 0 radical (unpaired) electrons. The molecule has 286 valence electrons. The Bertz CT molecular complexity index is 1450. The topological polar surface area (TPSA) is 201 Å².